The van der Waals surface area contributed by atoms with Gasteiger partial charge in [0.05, 0.1) is 6.54 Å². The lowest BCUT2D eigenvalue weighted by atomic mass is 9.88. The third-order valence-corrected chi connectivity index (χ3v) is 4.22. The molecule has 2 atom stereocenters. The maximum Gasteiger partial charge on any atom is 0.222 e. The van der Waals surface area contributed by atoms with Gasteiger partial charge in [-0.05, 0) is 38.9 Å². The van der Waals surface area contributed by atoms with Crippen LogP contribution < -0.4 is 0 Å². The van der Waals surface area contributed by atoms with Crippen molar-refractivity contribution >= 4 is 5.91 Å². The summed E-state index contributed by atoms with van der Waals surface area (Å²) >= 11 is 0. The summed E-state index contributed by atoms with van der Waals surface area (Å²) in [6.07, 6.45) is 2.44. The van der Waals surface area contributed by atoms with Gasteiger partial charge in [-0.1, -0.05) is 6.92 Å². The third-order valence-electron chi connectivity index (χ3n) is 4.22. The molecule has 0 spiro atoms. The molecule has 0 radical (unpaired) electrons. The smallest absolute Gasteiger partial charge is 0.222 e. The molecular weight excluding hydrogens is 219 g/mol. The summed E-state index contributed by atoms with van der Waals surface area (Å²) in [6, 6.07) is 0.158. The van der Waals surface area contributed by atoms with Crippen LogP contribution in [-0.4, -0.2) is 54.6 Å². The van der Waals surface area contributed by atoms with E-state index in [1.54, 1.807) is 4.90 Å². The number of nitrogens with zero attached hydrogens (tertiary/aromatic N) is 2. The van der Waals surface area contributed by atoms with Gasteiger partial charge in [0.2, 0.25) is 5.91 Å². The van der Waals surface area contributed by atoms with Crippen LogP contribution in [0, 0.1) is 5.92 Å². The zero-order chi connectivity index (χ0) is 12.4. The summed E-state index contributed by atoms with van der Waals surface area (Å²) in [4.78, 5) is 15.9. The Bertz CT molecular complexity index is 277. The van der Waals surface area contributed by atoms with Gasteiger partial charge in [-0.15, -0.1) is 0 Å². The van der Waals surface area contributed by atoms with Crippen molar-refractivity contribution in [2.45, 2.75) is 44.8 Å². The summed E-state index contributed by atoms with van der Waals surface area (Å²) in [6.45, 7) is 4.34. The Kier molecular flexibility index (Phi) is 4.02. The van der Waals surface area contributed by atoms with E-state index in [1.165, 1.54) is 0 Å². The van der Waals surface area contributed by atoms with Crippen LogP contribution in [0.3, 0.4) is 0 Å². The van der Waals surface area contributed by atoms with Crippen molar-refractivity contribution in [1.29, 1.82) is 0 Å². The van der Waals surface area contributed by atoms with E-state index in [9.17, 15) is 9.18 Å². The van der Waals surface area contributed by atoms with Crippen LogP contribution in [0.25, 0.3) is 0 Å². The summed E-state index contributed by atoms with van der Waals surface area (Å²) in [7, 11) is 2.12. The molecule has 0 aromatic carbocycles. The second-order valence-corrected chi connectivity index (χ2v) is 5.44. The van der Waals surface area contributed by atoms with Crippen LogP contribution in [0.2, 0.25) is 0 Å². The monoisotopic (exact) mass is 242 g/mol. The normalized spacial score (nSPS) is 32.1. The van der Waals surface area contributed by atoms with Gasteiger partial charge in [0.15, 0.2) is 0 Å². The molecule has 0 N–H and O–H groups in total. The van der Waals surface area contributed by atoms with E-state index in [0.29, 0.717) is 25.3 Å². The number of amides is 1. The number of carbonyl (C=O) groups excluding carboxylic acids is 1. The minimum atomic E-state index is -0.810. The van der Waals surface area contributed by atoms with Crippen molar-refractivity contribution in [3.63, 3.8) is 0 Å². The van der Waals surface area contributed by atoms with E-state index in [2.05, 4.69) is 11.9 Å². The van der Waals surface area contributed by atoms with E-state index in [1.807, 2.05) is 6.92 Å². The average molecular weight is 242 g/mol. The molecule has 3 nitrogen and oxygen atoms in total. The number of carbonyl (C=O) groups is 1. The van der Waals surface area contributed by atoms with Crippen LogP contribution in [0.4, 0.5) is 4.39 Å². The first kappa shape index (κ1) is 12.8. The molecule has 98 valence electrons. The van der Waals surface area contributed by atoms with Gasteiger partial charge in [0.1, 0.15) is 6.17 Å². The molecule has 0 aliphatic carbocycles. The first-order chi connectivity index (χ1) is 8.11. The molecule has 17 heavy (non-hydrogen) atoms. The van der Waals surface area contributed by atoms with Crippen molar-refractivity contribution in [2.75, 3.05) is 26.7 Å². The van der Waals surface area contributed by atoms with Crippen LogP contribution in [-0.2, 0) is 4.79 Å². The van der Waals surface area contributed by atoms with Crippen molar-refractivity contribution < 1.29 is 9.18 Å². The molecule has 2 fully saturated rings. The number of likely N-dealkylation sites (tertiary alicyclic amines) is 2. The van der Waals surface area contributed by atoms with Gasteiger partial charge in [-0.2, -0.15) is 0 Å². The minimum Gasteiger partial charge on any atom is -0.336 e. The third kappa shape index (κ3) is 2.79. The van der Waals surface area contributed by atoms with E-state index in [4.69, 9.17) is 0 Å². The molecule has 1 amide bonds. The van der Waals surface area contributed by atoms with Crippen LogP contribution in [0.5, 0.6) is 0 Å². The van der Waals surface area contributed by atoms with E-state index >= 15 is 0 Å². The van der Waals surface area contributed by atoms with E-state index in [-0.39, 0.29) is 11.9 Å². The maximum atomic E-state index is 13.5. The molecule has 2 saturated heterocycles. The number of halogens is 1. The molecule has 2 aliphatic rings. The largest absolute Gasteiger partial charge is 0.336 e. The van der Waals surface area contributed by atoms with Crippen molar-refractivity contribution in [3.8, 4) is 0 Å². The van der Waals surface area contributed by atoms with E-state index in [0.717, 1.165) is 25.9 Å². The van der Waals surface area contributed by atoms with Crippen molar-refractivity contribution in [1.82, 2.24) is 9.80 Å². The highest BCUT2D eigenvalue weighted by atomic mass is 19.1. The molecule has 2 unspecified atom stereocenters. The molecule has 0 aromatic rings. The Morgan fingerprint density at radius 3 is 2.59 bits per heavy atom. The van der Waals surface area contributed by atoms with Crippen LogP contribution in [0.1, 0.15) is 32.6 Å². The SMILES string of the molecule is CCC(=O)N1CC(F)CC1C1CCN(C)CC1. The van der Waals surface area contributed by atoms with Gasteiger partial charge >= 0.3 is 0 Å². The Hall–Kier alpha value is -0.640. The minimum absolute atomic E-state index is 0.120. The second kappa shape index (κ2) is 5.34. The van der Waals surface area contributed by atoms with Crippen molar-refractivity contribution in [2.24, 2.45) is 5.92 Å². The zero-order valence-corrected chi connectivity index (χ0v) is 10.9. The summed E-state index contributed by atoms with van der Waals surface area (Å²) in [5.74, 6) is 0.622. The Balaban J connectivity index is 2.00. The average Bonchev–Trinajstić information content (AvgIpc) is 2.71. The molecule has 0 saturated carbocycles. The summed E-state index contributed by atoms with van der Waals surface area (Å²) in [5, 5.41) is 0. The quantitative estimate of drug-likeness (QED) is 0.735. The molecule has 0 aromatic heterocycles. The van der Waals surface area contributed by atoms with Crippen LogP contribution >= 0.6 is 0 Å². The molecule has 2 rings (SSSR count). The van der Waals surface area contributed by atoms with Gasteiger partial charge in [-0.25, -0.2) is 4.39 Å². The zero-order valence-electron chi connectivity index (χ0n) is 10.9. The highest BCUT2D eigenvalue weighted by Gasteiger charge is 2.39. The van der Waals surface area contributed by atoms with Crippen LogP contribution in [0.15, 0.2) is 0 Å². The first-order valence-electron chi connectivity index (χ1n) is 6.74. The van der Waals surface area contributed by atoms with Gasteiger partial charge in [0.25, 0.3) is 0 Å². The van der Waals surface area contributed by atoms with Gasteiger partial charge in [-0.3, -0.25) is 4.79 Å². The van der Waals surface area contributed by atoms with Crippen molar-refractivity contribution in [3.05, 3.63) is 0 Å². The number of piperidine rings is 1. The number of hydrogen-bond donors (Lipinski definition) is 0. The topological polar surface area (TPSA) is 23.6 Å². The highest BCUT2D eigenvalue weighted by Crippen LogP contribution is 2.32. The first-order valence-corrected chi connectivity index (χ1v) is 6.74. The second-order valence-electron chi connectivity index (χ2n) is 5.44. The lowest BCUT2D eigenvalue weighted by Gasteiger charge is -2.36. The molecule has 4 heteroatoms. The predicted octanol–water partition coefficient (Wildman–Crippen LogP) is 1.68. The van der Waals surface area contributed by atoms with Gasteiger partial charge in [0, 0.05) is 18.9 Å². The number of rotatable bonds is 2. The van der Waals surface area contributed by atoms with E-state index < -0.39 is 6.17 Å². The number of alkyl halides is 1. The lowest BCUT2D eigenvalue weighted by Crippen LogP contribution is -2.44. The number of hydrogen-bond acceptors (Lipinski definition) is 2. The standard InChI is InChI=1S/C13H23FN2O/c1-3-13(17)16-9-11(14)8-12(16)10-4-6-15(2)7-5-10/h10-12H,3-9H2,1-2H3. The predicted molar refractivity (Wildman–Crippen MR) is 65.5 cm³/mol. The highest BCUT2D eigenvalue weighted by molar-refractivity contribution is 5.76. The Morgan fingerprint density at radius 1 is 1.35 bits per heavy atom. The Morgan fingerprint density at radius 2 is 2.00 bits per heavy atom. The lowest BCUT2D eigenvalue weighted by molar-refractivity contribution is -0.133. The molecule has 2 aliphatic heterocycles. The fraction of sp³-hybridized carbons (Fsp3) is 0.923. The Labute approximate surface area is 103 Å². The molecule has 0 bridgehead atoms. The molecule has 2 heterocycles. The maximum absolute atomic E-state index is 13.5. The summed E-state index contributed by atoms with van der Waals surface area (Å²) < 4.78 is 13.5. The van der Waals surface area contributed by atoms with Gasteiger partial charge < -0.3 is 9.80 Å². The fourth-order valence-corrected chi connectivity index (χ4v) is 3.16. The fourth-order valence-electron chi connectivity index (χ4n) is 3.16. The molecular formula is C13H23FN2O. The summed E-state index contributed by atoms with van der Waals surface area (Å²) in [5.41, 5.74) is 0.